The molecule has 4 nitrogen and oxygen atoms in total. The van der Waals surface area contributed by atoms with Crippen LogP contribution in [0.3, 0.4) is 0 Å². The van der Waals surface area contributed by atoms with Gasteiger partial charge >= 0.3 is 0 Å². The Balaban J connectivity index is 1.73. The number of piperazine rings is 1. The van der Waals surface area contributed by atoms with Gasteiger partial charge in [-0.05, 0) is 37.5 Å². The topological polar surface area (TPSA) is 44.4 Å². The van der Waals surface area contributed by atoms with Crippen LogP contribution in [0.1, 0.15) is 25.3 Å². The van der Waals surface area contributed by atoms with Gasteiger partial charge in [-0.1, -0.05) is 17.7 Å². The first-order chi connectivity index (χ1) is 9.65. The van der Waals surface area contributed by atoms with Crippen molar-refractivity contribution in [1.29, 1.82) is 0 Å². The van der Waals surface area contributed by atoms with Gasteiger partial charge < -0.3 is 15.5 Å². The van der Waals surface area contributed by atoms with E-state index in [4.69, 9.17) is 11.6 Å². The molecular formula is C15H20ClN3O. The van der Waals surface area contributed by atoms with Crippen molar-refractivity contribution in [2.45, 2.75) is 38.4 Å². The highest BCUT2D eigenvalue weighted by atomic mass is 35.5. The molecule has 0 aromatic heterocycles. The van der Waals surface area contributed by atoms with Gasteiger partial charge in [0.1, 0.15) is 6.04 Å². The number of carbonyl (C=O) groups excluding carboxylic acids is 1. The summed E-state index contributed by atoms with van der Waals surface area (Å²) in [4.78, 5) is 13.8. The van der Waals surface area contributed by atoms with Crippen LogP contribution in [0.2, 0.25) is 5.02 Å². The number of nitrogens with zero attached hydrogens (tertiary/aromatic N) is 1. The molecule has 108 valence electrons. The summed E-state index contributed by atoms with van der Waals surface area (Å²) in [5.74, 6) is 0.0618. The van der Waals surface area contributed by atoms with Gasteiger partial charge in [0, 0.05) is 25.7 Å². The van der Waals surface area contributed by atoms with E-state index in [1.807, 2.05) is 19.1 Å². The molecule has 1 aliphatic heterocycles. The third kappa shape index (κ3) is 2.91. The summed E-state index contributed by atoms with van der Waals surface area (Å²) in [6.07, 6.45) is 2.57. The van der Waals surface area contributed by atoms with E-state index in [1.165, 1.54) is 18.4 Å². The smallest absolute Gasteiger partial charge is 0.242 e. The van der Waals surface area contributed by atoms with Gasteiger partial charge in [-0.25, -0.2) is 0 Å². The van der Waals surface area contributed by atoms with Crippen LogP contribution in [0.5, 0.6) is 0 Å². The lowest BCUT2D eigenvalue weighted by Crippen LogP contribution is -2.54. The molecule has 5 heteroatoms. The maximum atomic E-state index is 11.7. The first-order valence-corrected chi connectivity index (χ1v) is 7.59. The van der Waals surface area contributed by atoms with E-state index in [9.17, 15) is 4.79 Å². The van der Waals surface area contributed by atoms with Crippen LogP contribution >= 0.6 is 11.6 Å². The SMILES string of the molecule is CC1C(=O)NCCN1c1ccc(CNC2CC2)cc1Cl. The van der Waals surface area contributed by atoms with Crippen LogP contribution in [0.25, 0.3) is 0 Å². The van der Waals surface area contributed by atoms with Crippen molar-refractivity contribution in [3.63, 3.8) is 0 Å². The predicted octanol–water partition coefficient (Wildman–Crippen LogP) is 1.92. The second-order valence-electron chi connectivity index (χ2n) is 5.60. The van der Waals surface area contributed by atoms with E-state index in [2.05, 4.69) is 21.6 Å². The lowest BCUT2D eigenvalue weighted by atomic mass is 10.1. The fourth-order valence-electron chi connectivity index (χ4n) is 2.55. The van der Waals surface area contributed by atoms with Crippen molar-refractivity contribution in [2.24, 2.45) is 0 Å². The molecule has 0 radical (unpaired) electrons. The van der Waals surface area contributed by atoms with Gasteiger partial charge in [-0.15, -0.1) is 0 Å². The minimum atomic E-state index is -0.170. The average Bonchev–Trinajstić information content (AvgIpc) is 3.24. The van der Waals surface area contributed by atoms with Crippen LogP contribution < -0.4 is 15.5 Å². The molecule has 1 aromatic rings. The Morgan fingerprint density at radius 2 is 2.25 bits per heavy atom. The molecule has 2 N–H and O–H groups in total. The Bertz CT molecular complexity index is 516. The molecule has 1 amide bonds. The maximum absolute atomic E-state index is 11.7. The average molecular weight is 294 g/mol. The maximum Gasteiger partial charge on any atom is 0.242 e. The van der Waals surface area contributed by atoms with Gasteiger partial charge in [0.2, 0.25) is 5.91 Å². The normalized spacial score (nSPS) is 22.8. The molecule has 1 heterocycles. The largest absolute Gasteiger partial charge is 0.357 e. The molecule has 1 atom stereocenters. The van der Waals surface area contributed by atoms with Crippen molar-refractivity contribution in [3.8, 4) is 0 Å². The first kappa shape index (κ1) is 13.7. The number of rotatable bonds is 4. The molecule has 2 aliphatic rings. The summed E-state index contributed by atoms with van der Waals surface area (Å²) in [6.45, 7) is 4.24. The molecular weight excluding hydrogens is 274 g/mol. The number of anilines is 1. The van der Waals surface area contributed by atoms with Crippen molar-refractivity contribution in [1.82, 2.24) is 10.6 Å². The third-order valence-electron chi connectivity index (χ3n) is 3.99. The van der Waals surface area contributed by atoms with Gasteiger partial charge in [-0.3, -0.25) is 4.79 Å². The van der Waals surface area contributed by atoms with Gasteiger partial charge in [0.15, 0.2) is 0 Å². The predicted molar refractivity (Wildman–Crippen MR) is 81.1 cm³/mol. The highest BCUT2D eigenvalue weighted by molar-refractivity contribution is 6.33. The Morgan fingerprint density at radius 3 is 2.95 bits per heavy atom. The number of hydrogen-bond donors (Lipinski definition) is 2. The number of carbonyl (C=O) groups is 1. The van der Waals surface area contributed by atoms with Crippen molar-refractivity contribution >= 4 is 23.2 Å². The number of hydrogen-bond acceptors (Lipinski definition) is 3. The third-order valence-corrected chi connectivity index (χ3v) is 4.30. The van der Waals surface area contributed by atoms with E-state index in [1.54, 1.807) is 0 Å². The fourth-order valence-corrected chi connectivity index (χ4v) is 2.87. The van der Waals surface area contributed by atoms with Crippen LogP contribution in [0.4, 0.5) is 5.69 Å². The quantitative estimate of drug-likeness (QED) is 0.891. The molecule has 1 saturated carbocycles. The highest BCUT2D eigenvalue weighted by Crippen LogP contribution is 2.29. The number of halogens is 1. The monoisotopic (exact) mass is 293 g/mol. The number of nitrogens with one attached hydrogen (secondary N) is 2. The lowest BCUT2D eigenvalue weighted by Gasteiger charge is -2.35. The van der Waals surface area contributed by atoms with Crippen molar-refractivity contribution < 1.29 is 4.79 Å². The van der Waals surface area contributed by atoms with E-state index in [-0.39, 0.29) is 11.9 Å². The van der Waals surface area contributed by atoms with E-state index in [0.29, 0.717) is 12.6 Å². The Hall–Kier alpha value is -1.26. The molecule has 0 bridgehead atoms. The van der Waals surface area contributed by atoms with Gasteiger partial charge in [0.05, 0.1) is 10.7 Å². The van der Waals surface area contributed by atoms with Crippen LogP contribution in [-0.2, 0) is 11.3 Å². The number of amides is 1. The van der Waals surface area contributed by atoms with E-state index >= 15 is 0 Å². The Labute approximate surface area is 124 Å². The van der Waals surface area contributed by atoms with Crippen molar-refractivity contribution in [3.05, 3.63) is 28.8 Å². The minimum Gasteiger partial charge on any atom is -0.357 e. The lowest BCUT2D eigenvalue weighted by molar-refractivity contribution is -0.122. The molecule has 2 fully saturated rings. The van der Waals surface area contributed by atoms with Crippen molar-refractivity contribution in [2.75, 3.05) is 18.0 Å². The molecule has 1 saturated heterocycles. The van der Waals surface area contributed by atoms with E-state index in [0.717, 1.165) is 23.8 Å². The molecule has 20 heavy (non-hydrogen) atoms. The second-order valence-corrected chi connectivity index (χ2v) is 6.01. The zero-order chi connectivity index (χ0) is 14.1. The number of benzene rings is 1. The zero-order valence-electron chi connectivity index (χ0n) is 11.7. The first-order valence-electron chi connectivity index (χ1n) is 7.21. The molecule has 1 aromatic carbocycles. The van der Waals surface area contributed by atoms with Crippen LogP contribution in [-0.4, -0.2) is 31.1 Å². The summed E-state index contributed by atoms with van der Waals surface area (Å²) in [6, 6.07) is 6.65. The van der Waals surface area contributed by atoms with Crippen LogP contribution in [0, 0.1) is 0 Å². The Kier molecular flexibility index (Phi) is 3.85. The molecule has 1 unspecified atom stereocenters. The fraction of sp³-hybridized carbons (Fsp3) is 0.533. The molecule has 1 aliphatic carbocycles. The highest BCUT2D eigenvalue weighted by Gasteiger charge is 2.27. The minimum absolute atomic E-state index is 0.0618. The summed E-state index contributed by atoms with van der Waals surface area (Å²) in [5, 5.41) is 7.07. The second kappa shape index (κ2) is 5.62. The summed E-state index contributed by atoms with van der Waals surface area (Å²) in [5.41, 5.74) is 2.14. The standard InChI is InChI=1S/C15H20ClN3O/c1-10-15(20)17-6-7-19(10)14-5-2-11(8-13(14)16)9-18-12-3-4-12/h2,5,8,10,12,18H,3-4,6-7,9H2,1H3,(H,17,20). The summed E-state index contributed by atoms with van der Waals surface area (Å²) < 4.78 is 0. The molecule has 0 spiro atoms. The zero-order valence-corrected chi connectivity index (χ0v) is 12.4. The van der Waals surface area contributed by atoms with Gasteiger partial charge in [0.25, 0.3) is 0 Å². The Morgan fingerprint density at radius 1 is 1.45 bits per heavy atom. The summed E-state index contributed by atoms with van der Waals surface area (Å²) >= 11 is 6.41. The van der Waals surface area contributed by atoms with Gasteiger partial charge in [-0.2, -0.15) is 0 Å². The van der Waals surface area contributed by atoms with E-state index < -0.39 is 0 Å². The van der Waals surface area contributed by atoms with Crippen LogP contribution in [0.15, 0.2) is 18.2 Å². The molecule has 3 rings (SSSR count). The summed E-state index contributed by atoms with van der Waals surface area (Å²) in [7, 11) is 0.